The number of nitro benzene ring substituents is 1. The summed E-state index contributed by atoms with van der Waals surface area (Å²) in [5, 5.41) is 21.5. The Kier molecular flexibility index (Phi) is 4.89. The number of benzene rings is 1. The third-order valence-electron chi connectivity index (χ3n) is 3.36. The second kappa shape index (κ2) is 6.67. The van der Waals surface area contributed by atoms with Crippen molar-refractivity contribution < 1.29 is 14.8 Å². The lowest BCUT2D eigenvalue weighted by molar-refractivity contribution is -0.384. The molecule has 0 bridgehead atoms. The van der Waals surface area contributed by atoms with Crippen LogP contribution in [0.5, 0.6) is 0 Å². The zero-order valence-corrected chi connectivity index (χ0v) is 12.8. The maximum atomic E-state index is 11.0. The minimum atomic E-state index is -0.641. The van der Waals surface area contributed by atoms with E-state index in [9.17, 15) is 15.2 Å². The van der Waals surface area contributed by atoms with Gasteiger partial charge in [0.15, 0.2) is 0 Å². The molecule has 7 heteroatoms. The molecule has 1 aromatic carbocycles. The molecule has 0 spiro atoms. The second-order valence-corrected chi connectivity index (χ2v) is 5.23. The van der Waals surface area contributed by atoms with Gasteiger partial charge in [0.25, 0.3) is 5.69 Å². The molecule has 0 fully saturated rings. The molecule has 0 saturated carbocycles. The lowest BCUT2D eigenvalue weighted by Crippen LogP contribution is -2.32. The van der Waals surface area contributed by atoms with Gasteiger partial charge in [-0.3, -0.25) is 15.1 Å². The van der Waals surface area contributed by atoms with Gasteiger partial charge >= 0.3 is 0 Å². The van der Waals surface area contributed by atoms with Crippen LogP contribution in [0.15, 0.2) is 24.3 Å². The zero-order chi connectivity index (χ0) is 16.3. The van der Waals surface area contributed by atoms with E-state index in [-0.39, 0.29) is 12.3 Å². The average molecular weight is 305 g/mol. The molecule has 0 aliphatic carbocycles. The number of rotatable bonds is 6. The van der Waals surface area contributed by atoms with Gasteiger partial charge in [-0.25, -0.2) is 0 Å². The topological polar surface area (TPSA) is 88.7 Å². The summed E-state index contributed by atoms with van der Waals surface area (Å²) < 4.78 is 4.92. The Balaban J connectivity index is 2.46. The van der Waals surface area contributed by atoms with E-state index in [0.717, 1.165) is 11.4 Å². The first-order chi connectivity index (χ1) is 10.4. The predicted octanol–water partition coefficient (Wildman–Crippen LogP) is 1.89. The maximum absolute atomic E-state index is 11.0. The minimum absolute atomic E-state index is 0.0187. The number of nitrogens with zero attached hydrogens (tertiary/aromatic N) is 3. The summed E-state index contributed by atoms with van der Waals surface area (Å²) in [7, 11) is 3.35. The number of hydrogen-bond donors (Lipinski definition) is 1. The molecule has 1 atom stereocenters. The van der Waals surface area contributed by atoms with Crippen molar-refractivity contribution in [2.75, 3.05) is 32.2 Å². The van der Waals surface area contributed by atoms with Gasteiger partial charge in [-0.05, 0) is 19.1 Å². The summed E-state index contributed by atoms with van der Waals surface area (Å²) in [5.74, 6) is 0. The molecule has 0 saturated heterocycles. The van der Waals surface area contributed by atoms with Gasteiger partial charge in [0, 0.05) is 49.6 Å². The monoisotopic (exact) mass is 305 g/mol. The van der Waals surface area contributed by atoms with Crippen LogP contribution in [0.4, 0.5) is 11.4 Å². The van der Waals surface area contributed by atoms with Crippen LogP contribution in [0.25, 0.3) is 10.9 Å². The molecule has 2 aromatic rings. The molecule has 22 heavy (non-hydrogen) atoms. The van der Waals surface area contributed by atoms with Gasteiger partial charge in [0.05, 0.1) is 23.2 Å². The summed E-state index contributed by atoms with van der Waals surface area (Å²) in [6.07, 6.45) is -0.641. The number of anilines is 1. The van der Waals surface area contributed by atoms with Crippen molar-refractivity contribution in [2.45, 2.75) is 13.0 Å². The number of methoxy groups -OCH3 is 1. The number of likely N-dealkylation sites (N-methyl/N-ethyl adjacent to an activating group) is 1. The van der Waals surface area contributed by atoms with Crippen LogP contribution in [-0.2, 0) is 4.74 Å². The van der Waals surface area contributed by atoms with Gasteiger partial charge < -0.3 is 14.7 Å². The Hall–Kier alpha value is -2.25. The molecule has 7 nitrogen and oxygen atoms in total. The molecular weight excluding hydrogens is 286 g/mol. The molecule has 1 N–H and O–H groups in total. The Bertz CT molecular complexity index is 690. The van der Waals surface area contributed by atoms with Crippen LogP contribution in [0.1, 0.15) is 5.69 Å². The molecule has 2 rings (SSSR count). The smallest absolute Gasteiger partial charge is 0.270 e. The number of pyridine rings is 1. The number of aryl methyl sites for hydroxylation is 1. The Morgan fingerprint density at radius 1 is 1.45 bits per heavy atom. The van der Waals surface area contributed by atoms with Crippen LogP contribution in [0.3, 0.4) is 0 Å². The van der Waals surface area contributed by atoms with Gasteiger partial charge in [-0.2, -0.15) is 0 Å². The first-order valence-electron chi connectivity index (χ1n) is 6.86. The Morgan fingerprint density at radius 2 is 2.18 bits per heavy atom. The Morgan fingerprint density at radius 3 is 2.82 bits per heavy atom. The summed E-state index contributed by atoms with van der Waals surface area (Å²) in [4.78, 5) is 16.8. The maximum Gasteiger partial charge on any atom is 0.270 e. The quantitative estimate of drug-likeness (QED) is 0.647. The van der Waals surface area contributed by atoms with E-state index in [2.05, 4.69) is 4.98 Å². The third-order valence-corrected chi connectivity index (χ3v) is 3.36. The molecule has 0 amide bonds. The number of hydrogen-bond acceptors (Lipinski definition) is 6. The molecule has 1 aromatic heterocycles. The normalized spacial score (nSPS) is 12.4. The number of aliphatic hydroxyl groups excluding tert-OH is 1. The standard InChI is InChI=1S/C15H19N3O4/c1-10-6-15(17(2)8-12(19)9-22-3)13-7-11(18(20)21)4-5-14(13)16-10/h4-7,12,19H,8-9H2,1-3H3/t12-/m1/s1. The van der Waals surface area contributed by atoms with E-state index in [4.69, 9.17) is 4.74 Å². The summed E-state index contributed by atoms with van der Waals surface area (Å²) in [6, 6.07) is 6.45. The lowest BCUT2D eigenvalue weighted by Gasteiger charge is -2.24. The SMILES string of the molecule is COC[C@H](O)CN(C)c1cc(C)nc2ccc([N+](=O)[O-])cc12. The largest absolute Gasteiger partial charge is 0.389 e. The minimum Gasteiger partial charge on any atom is -0.389 e. The van der Waals surface area contributed by atoms with E-state index in [0.29, 0.717) is 17.4 Å². The highest BCUT2D eigenvalue weighted by Crippen LogP contribution is 2.29. The van der Waals surface area contributed by atoms with Crippen LogP contribution < -0.4 is 4.90 Å². The third kappa shape index (κ3) is 3.49. The number of aliphatic hydroxyl groups is 1. The number of non-ortho nitro benzene ring substituents is 1. The van der Waals surface area contributed by atoms with E-state index in [1.807, 2.05) is 24.9 Å². The van der Waals surface area contributed by atoms with Crippen LogP contribution in [0.2, 0.25) is 0 Å². The van der Waals surface area contributed by atoms with E-state index < -0.39 is 11.0 Å². The van der Waals surface area contributed by atoms with Crippen LogP contribution >= 0.6 is 0 Å². The number of ether oxygens (including phenoxy) is 1. The first-order valence-corrected chi connectivity index (χ1v) is 6.86. The highest BCUT2D eigenvalue weighted by Gasteiger charge is 2.15. The van der Waals surface area contributed by atoms with Crippen molar-refractivity contribution >= 4 is 22.3 Å². The van der Waals surface area contributed by atoms with Crippen molar-refractivity contribution in [3.63, 3.8) is 0 Å². The molecular formula is C15H19N3O4. The zero-order valence-electron chi connectivity index (χ0n) is 12.8. The molecule has 0 unspecified atom stereocenters. The highest BCUT2D eigenvalue weighted by molar-refractivity contribution is 5.93. The van der Waals surface area contributed by atoms with Crippen molar-refractivity contribution in [1.29, 1.82) is 0 Å². The molecule has 118 valence electrons. The van der Waals surface area contributed by atoms with Crippen LogP contribution in [-0.4, -0.2) is 48.4 Å². The fraction of sp³-hybridized carbons (Fsp3) is 0.400. The molecule has 0 aliphatic rings. The van der Waals surface area contributed by atoms with Crippen molar-refractivity contribution in [3.05, 3.63) is 40.1 Å². The van der Waals surface area contributed by atoms with Crippen LogP contribution in [0, 0.1) is 17.0 Å². The van der Waals surface area contributed by atoms with Gasteiger partial charge in [-0.1, -0.05) is 0 Å². The second-order valence-electron chi connectivity index (χ2n) is 5.23. The van der Waals surface area contributed by atoms with E-state index in [1.165, 1.54) is 19.2 Å². The molecule has 0 aliphatic heterocycles. The van der Waals surface area contributed by atoms with Gasteiger partial charge in [0.1, 0.15) is 0 Å². The van der Waals surface area contributed by atoms with Crippen molar-refractivity contribution in [3.8, 4) is 0 Å². The lowest BCUT2D eigenvalue weighted by atomic mass is 10.1. The Labute approximate surface area is 128 Å². The van der Waals surface area contributed by atoms with E-state index in [1.54, 1.807) is 6.07 Å². The molecule has 1 heterocycles. The fourth-order valence-corrected chi connectivity index (χ4v) is 2.41. The summed E-state index contributed by atoms with van der Waals surface area (Å²) in [5.41, 5.74) is 2.31. The fourth-order valence-electron chi connectivity index (χ4n) is 2.41. The highest BCUT2D eigenvalue weighted by atomic mass is 16.6. The number of fused-ring (bicyclic) bond motifs is 1. The predicted molar refractivity (Wildman–Crippen MR) is 84.3 cm³/mol. The molecule has 0 radical (unpaired) electrons. The van der Waals surface area contributed by atoms with Crippen molar-refractivity contribution in [1.82, 2.24) is 4.98 Å². The summed E-state index contributed by atoms with van der Waals surface area (Å²) >= 11 is 0. The average Bonchev–Trinajstić information content (AvgIpc) is 2.45. The first kappa shape index (κ1) is 16.1. The number of aromatic nitrogens is 1. The number of nitro groups is 1. The van der Waals surface area contributed by atoms with Gasteiger partial charge in [0.2, 0.25) is 0 Å². The van der Waals surface area contributed by atoms with Crippen molar-refractivity contribution in [2.24, 2.45) is 0 Å². The van der Waals surface area contributed by atoms with E-state index >= 15 is 0 Å². The van der Waals surface area contributed by atoms with Gasteiger partial charge in [-0.15, -0.1) is 0 Å². The summed E-state index contributed by atoms with van der Waals surface area (Å²) in [6.45, 7) is 2.45.